The van der Waals surface area contributed by atoms with Gasteiger partial charge in [-0.2, -0.15) is 0 Å². The number of rotatable bonds is 5. The Balaban J connectivity index is 1.54. The van der Waals surface area contributed by atoms with Gasteiger partial charge in [0.1, 0.15) is 10.2 Å². The molecule has 1 fully saturated rings. The maximum Gasteiger partial charge on any atom is 0.259 e. The Morgan fingerprint density at radius 3 is 2.29 bits per heavy atom. The number of amides is 2. The maximum atomic E-state index is 13.6. The van der Waals surface area contributed by atoms with Gasteiger partial charge in [0.25, 0.3) is 5.91 Å². The van der Waals surface area contributed by atoms with Crippen molar-refractivity contribution in [2.45, 2.75) is 10.3 Å². The summed E-state index contributed by atoms with van der Waals surface area (Å²) in [7, 11) is 1.50. The van der Waals surface area contributed by atoms with Crippen LogP contribution in [0.15, 0.2) is 60.7 Å². The first-order valence-corrected chi connectivity index (χ1v) is 11.9. The van der Waals surface area contributed by atoms with E-state index in [9.17, 15) is 14.0 Å². The first kappa shape index (κ1) is 25.1. The van der Waals surface area contributed by atoms with Crippen molar-refractivity contribution in [2.75, 3.05) is 17.3 Å². The van der Waals surface area contributed by atoms with E-state index in [4.69, 9.17) is 58.0 Å². The molecule has 2 atom stereocenters. The fraction of sp³-hybridized carbons (Fsp3) is 0.167. The van der Waals surface area contributed by atoms with Crippen LogP contribution in [0.3, 0.4) is 0 Å². The van der Waals surface area contributed by atoms with Crippen molar-refractivity contribution in [2.24, 2.45) is 5.92 Å². The number of anilines is 2. The summed E-state index contributed by atoms with van der Waals surface area (Å²) in [5.74, 6) is -2.68. The summed E-state index contributed by atoms with van der Waals surface area (Å²) in [4.78, 5) is 27.3. The molecule has 1 saturated carbocycles. The van der Waals surface area contributed by atoms with Gasteiger partial charge in [-0.05, 0) is 60.2 Å². The topological polar surface area (TPSA) is 49.4 Å². The summed E-state index contributed by atoms with van der Waals surface area (Å²) in [5, 5.41) is 3.72. The first-order chi connectivity index (χ1) is 16.0. The fourth-order valence-corrected chi connectivity index (χ4v) is 5.36. The molecule has 0 radical (unpaired) electrons. The molecule has 4 rings (SSSR count). The maximum absolute atomic E-state index is 13.6. The highest BCUT2D eigenvalue weighted by atomic mass is 35.5. The van der Waals surface area contributed by atoms with Gasteiger partial charge in [0.05, 0.1) is 16.5 Å². The lowest BCUT2D eigenvalue weighted by atomic mass is 10.1. The highest BCUT2D eigenvalue weighted by Gasteiger charge is 2.67. The van der Waals surface area contributed by atoms with E-state index in [2.05, 4.69) is 5.32 Å². The molecule has 34 heavy (non-hydrogen) atoms. The van der Waals surface area contributed by atoms with Crippen LogP contribution in [0, 0.1) is 11.7 Å². The van der Waals surface area contributed by atoms with Gasteiger partial charge < -0.3 is 10.2 Å². The van der Waals surface area contributed by atoms with Crippen LogP contribution < -0.4 is 10.2 Å². The van der Waals surface area contributed by atoms with Crippen molar-refractivity contribution in [3.63, 3.8) is 0 Å². The van der Waals surface area contributed by atoms with Crippen molar-refractivity contribution in [3.05, 3.63) is 92.7 Å². The van der Waals surface area contributed by atoms with Crippen LogP contribution in [0.25, 0.3) is 0 Å². The molecule has 176 valence electrons. The summed E-state index contributed by atoms with van der Waals surface area (Å²) in [6.07, 6.45) is 0. The third-order valence-electron chi connectivity index (χ3n) is 5.54. The molecular formula is C24H16Cl5FN2O2. The van der Waals surface area contributed by atoms with Crippen LogP contribution in [-0.4, -0.2) is 23.2 Å². The molecule has 0 bridgehead atoms. The van der Waals surface area contributed by atoms with E-state index in [0.717, 1.165) is 0 Å². The fourth-order valence-electron chi connectivity index (χ4n) is 3.79. The first-order valence-electron chi connectivity index (χ1n) is 9.97. The number of hydrogen-bond acceptors (Lipinski definition) is 2. The van der Waals surface area contributed by atoms with Gasteiger partial charge in [0.2, 0.25) is 5.91 Å². The third kappa shape index (κ3) is 5.00. The van der Waals surface area contributed by atoms with Crippen LogP contribution in [0.5, 0.6) is 0 Å². The SMILES string of the molecule is CN(C(=O)c1cc(NC(=O)C2C(c3cc(Cl)cc(Cl)c3)C2(Cl)Cl)ccc1Cl)c1cccc(F)c1. The van der Waals surface area contributed by atoms with Crippen LogP contribution >= 0.6 is 58.0 Å². The van der Waals surface area contributed by atoms with Crippen LogP contribution in [0.4, 0.5) is 15.8 Å². The average Bonchev–Trinajstić information content (AvgIpc) is 3.35. The second kappa shape index (κ2) is 9.56. The zero-order chi connectivity index (χ0) is 24.8. The summed E-state index contributed by atoms with van der Waals surface area (Å²) in [6, 6.07) is 15.0. The largest absolute Gasteiger partial charge is 0.326 e. The molecule has 0 saturated heterocycles. The monoisotopic (exact) mass is 558 g/mol. The minimum absolute atomic E-state index is 0.128. The average molecular weight is 561 g/mol. The molecule has 0 heterocycles. The van der Waals surface area contributed by atoms with Gasteiger partial charge >= 0.3 is 0 Å². The Bertz CT molecular complexity index is 1280. The van der Waals surface area contributed by atoms with Crippen molar-refractivity contribution in [1.29, 1.82) is 0 Å². The highest BCUT2D eigenvalue weighted by Crippen LogP contribution is 2.65. The summed E-state index contributed by atoms with van der Waals surface area (Å²) in [5.41, 5.74) is 1.45. The van der Waals surface area contributed by atoms with Crippen molar-refractivity contribution < 1.29 is 14.0 Å². The number of benzene rings is 3. The number of alkyl halides is 2. The van der Waals surface area contributed by atoms with E-state index in [-0.39, 0.29) is 10.6 Å². The molecule has 0 spiro atoms. The number of hydrogen-bond donors (Lipinski definition) is 1. The molecule has 1 aliphatic carbocycles. The summed E-state index contributed by atoms with van der Waals surface area (Å²) >= 11 is 31.2. The Morgan fingerprint density at radius 1 is 0.971 bits per heavy atom. The molecule has 1 N–H and O–H groups in total. The van der Waals surface area contributed by atoms with Gasteiger partial charge in [-0.1, -0.05) is 40.9 Å². The molecule has 4 nitrogen and oxygen atoms in total. The molecule has 1 aliphatic rings. The van der Waals surface area contributed by atoms with E-state index >= 15 is 0 Å². The number of halogens is 6. The van der Waals surface area contributed by atoms with Gasteiger partial charge in [-0.15, -0.1) is 23.2 Å². The van der Waals surface area contributed by atoms with E-state index < -0.39 is 33.8 Å². The highest BCUT2D eigenvalue weighted by molar-refractivity contribution is 6.53. The summed E-state index contributed by atoms with van der Waals surface area (Å²) < 4.78 is 12.2. The van der Waals surface area contributed by atoms with E-state index in [0.29, 0.717) is 27.0 Å². The van der Waals surface area contributed by atoms with Gasteiger partial charge in [-0.25, -0.2) is 4.39 Å². The van der Waals surface area contributed by atoms with Crippen LogP contribution in [0.2, 0.25) is 15.1 Å². The molecule has 0 aromatic heterocycles. The zero-order valence-corrected chi connectivity index (χ0v) is 21.2. The number of carbonyl (C=O) groups excluding carboxylic acids is 2. The van der Waals surface area contributed by atoms with Gasteiger partial charge in [0.15, 0.2) is 0 Å². The lowest BCUT2D eigenvalue weighted by Gasteiger charge is -2.19. The molecule has 3 aromatic rings. The third-order valence-corrected chi connectivity index (χ3v) is 7.25. The van der Waals surface area contributed by atoms with Gasteiger partial charge in [-0.3, -0.25) is 9.59 Å². The standard InChI is InChI=1S/C24H16Cl5FN2O2/c1-32(17-4-2-3-15(30)10-17)23(34)18-11-16(5-6-19(18)27)31-22(33)21-20(24(21,28)29)12-7-13(25)9-14(26)8-12/h2-11,20-21H,1H3,(H,31,33). The second-order valence-corrected chi connectivity index (χ2v) is 10.6. The number of nitrogens with one attached hydrogen (secondary N) is 1. The minimum atomic E-state index is -1.35. The molecule has 2 amide bonds. The smallest absolute Gasteiger partial charge is 0.259 e. The predicted molar refractivity (Wildman–Crippen MR) is 136 cm³/mol. The number of nitrogens with zero attached hydrogens (tertiary/aromatic N) is 1. The lowest BCUT2D eigenvalue weighted by Crippen LogP contribution is -2.27. The Hall–Kier alpha value is -2.02. The Labute approximate surface area is 220 Å². The van der Waals surface area contributed by atoms with Crippen LogP contribution in [0.1, 0.15) is 21.8 Å². The Morgan fingerprint density at radius 2 is 1.65 bits per heavy atom. The molecule has 0 aliphatic heterocycles. The number of carbonyl (C=O) groups is 2. The zero-order valence-electron chi connectivity index (χ0n) is 17.5. The van der Waals surface area contributed by atoms with Crippen LogP contribution in [-0.2, 0) is 4.79 Å². The van der Waals surface area contributed by atoms with E-state index in [1.54, 1.807) is 30.3 Å². The predicted octanol–water partition coefficient (Wildman–Crippen LogP) is 7.59. The lowest BCUT2D eigenvalue weighted by molar-refractivity contribution is -0.117. The molecule has 10 heteroatoms. The second-order valence-electron chi connectivity index (χ2n) is 7.86. The molecule has 3 aromatic carbocycles. The molecule has 2 unspecified atom stereocenters. The van der Waals surface area contributed by atoms with E-state index in [1.165, 1.54) is 42.3 Å². The summed E-state index contributed by atoms with van der Waals surface area (Å²) in [6.45, 7) is 0. The van der Waals surface area contributed by atoms with Crippen molar-refractivity contribution in [3.8, 4) is 0 Å². The van der Waals surface area contributed by atoms with Gasteiger partial charge in [0, 0.05) is 34.4 Å². The quantitative estimate of drug-likeness (QED) is 0.327. The molecular weight excluding hydrogens is 545 g/mol. The normalized spacial score (nSPS) is 18.3. The Kier molecular flexibility index (Phi) is 7.05. The van der Waals surface area contributed by atoms with E-state index in [1.807, 2.05) is 0 Å². The van der Waals surface area contributed by atoms with Crippen molar-refractivity contribution in [1.82, 2.24) is 0 Å². The minimum Gasteiger partial charge on any atom is -0.326 e. The van der Waals surface area contributed by atoms with Crippen molar-refractivity contribution >= 4 is 81.2 Å².